The first-order valence-corrected chi connectivity index (χ1v) is 11.8. The Morgan fingerprint density at radius 3 is 2.46 bits per heavy atom. The molecule has 5 aromatic carbocycles. The molecule has 1 aliphatic rings. The van der Waals surface area contributed by atoms with E-state index in [4.69, 9.17) is 21.0 Å². The standard InChI is InChI=1S/C32H14N4O/c1-34-23-14-24-25(12-18(23)15-33)36-26(16-35-24)32-30-21-10-5-7-17-6-4-9-19(29(17)21)22(30)13-28-31(32)20-8-2-3-11-27(20)37-28/h2-14,16H. The van der Waals surface area contributed by atoms with Crippen LogP contribution in [0.4, 0.5) is 5.69 Å². The van der Waals surface area contributed by atoms with Gasteiger partial charge in [-0.25, -0.2) is 9.83 Å². The van der Waals surface area contributed by atoms with Crippen LogP contribution in [0.1, 0.15) is 5.56 Å². The van der Waals surface area contributed by atoms with E-state index in [1.54, 1.807) is 18.3 Å². The smallest absolute Gasteiger partial charge is 0.206 e. The number of rotatable bonds is 1. The molecule has 0 spiro atoms. The monoisotopic (exact) mass is 470 g/mol. The van der Waals surface area contributed by atoms with E-state index < -0.39 is 0 Å². The minimum absolute atomic E-state index is 0.281. The number of hydrogen-bond donors (Lipinski definition) is 0. The minimum atomic E-state index is 0.281. The highest BCUT2D eigenvalue weighted by Crippen LogP contribution is 2.54. The molecule has 37 heavy (non-hydrogen) atoms. The number of fused-ring (bicyclic) bond motifs is 7. The van der Waals surface area contributed by atoms with Crippen LogP contribution in [0.15, 0.2) is 89.5 Å². The molecule has 7 aromatic rings. The lowest BCUT2D eigenvalue weighted by atomic mass is 9.92. The molecule has 0 atom stereocenters. The van der Waals surface area contributed by atoms with Crippen molar-refractivity contribution >= 4 is 49.4 Å². The second kappa shape index (κ2) is 7.01. The molecule has 5 heteroatoms. The average Bonchev–Trinajstić information content (AvgIpc) is 3.48. The summed E-state index contributed by atoms with van der Waals surface area (Å²) in [5.74, 6) is 0. The zero-order chi connectivity index (χ0) is 24.7. The summed E-state index contributed by atoms with van der Waals surface area (Å²) < 4.78 is 6.36. The van der Waals surface area contributed by atoms with Gasteiger partial charge in [0.25, 0.3) is 0 Å². The predicted octanol–water partition coefficient (Wildman–Crippen LogP) is 8.42. The molecule has 0 amide bonds. The van der Waals surface area contributed by atoms with Crippen molar-refractivity contribution in [1.82, 2.24) is 9.97 Å². The zero-order valence-corrected chi connectivity index (χ0v) is 19.3. The normalized spacial score (nSPS) is 11.7. The first-order valence-electron chi connectivity index (χ1n) is 11.8. The Kier molecular flexibility index (Phi) is 3.74. The summed E-state index contributed by atoms with van der Waals surface area (Å²) in [7, 11) is 0. The van der Waals surface area contributed by atoms with Gasteiger partial charge in [-0.2, -0.15) is 5.26 Å². The van der Waals surface area contributed by atoms with Crippen molar-refractivity contribution in [3.63, 3.8) is 0 Å². The second-order valence-electron chi connectivity index (χ2n) is 9.19. The van der Waals surface area contributed by atoms with E-state index in [0.717, 1.165) is 44.2 Å². The van der Waals surface area contributed by atoms with E-state index in [9.17, 15) is 5.26 Å². The maximum atomic E-state index is 9.59. The fourth-order valence-corrected chi connectivity index (χ4v) is 5.76. The first-order chi connectivity index (χ1) is 18.2. The van der Waals surface area contributed by atoms with Crippen molar-refractivity contribution in [2.75, 3.05) is 0 Å². The van der Waals surface area contributed by atoms with Crippen LogP contribution in [0.3, 0.4) is 0 Å². The lowest BCUT2D eigenvalue weighted by Crippen LogP contribution is -1.93. The Morgan fingerprint density at radius 2 is 1.62 bits per heavy atom. The maximum Gasteiger partial charge on any atom is 0.206 e. The molecule has 168 valence electrons. The number of nitrogens with zero attached hydrogens (tertiary/aromatic N) is 4. The largest absolute Gasteiger partial charge is 0.456 e. The Bertz CT molecular complexity index is 2220. The fourth-order valence-electron chi connectivity index (χ4n) is 5.76. The SMILES string of the molecule is [C-]#[N+]c1cc2ncc(-c3c4c(cc5oc6ccccc6c35)-c3cccc5cccc-4c35)nc2cc1C#N. The summed E-state index contributed by atoms with van der Waals surface area (Å²) in [6, 6.07) is 28.4. The third-order valence-corrected chi connectivity index (χ3v) is 7.29. The molecule has 0 N–H and O–H groups in total. The van der Waals surface area contributed by atoms with Gasteiger partial charge in [-0.1, -0.05) is 54.6 Å². The molecule has 0 aliphatic heterocycles. The topological polar surface area (TPSA) is 67.1 Å². The molecule has 8 rings (SSSR count). The van der Waals surface area contributed by atoms with Gasteiger partial charge in [-0.3, -0.25) is 4.98 Å². The van der Waals surface area contributed by atoms with Crippen LogP contribution in [0.25, 0.3) is 82.1 Å². The Balaban J connectivity index is 1.55. The number of furan rings is 1. The van der Waals surface area contributed by atoms with Gasteiger partial charge in [0.1, 0.15) is 11.2 Å². The van der Waals surface area contributed by atoms with Gasteiger partial charge in [0, 0.05) is 21.9 Å². The third-order valence-electron chi connectivity index (χ3n) is 7.29. The van der Waals surface area contributed by atoms with Crippen molar-refractivity contribution in [2.24, 2.45) is 0 Å². The van der Waals surface area contributed by atoms with Crippen LogP contribution in [-0.2, 0) is 0 Å². The van der Waals surface area contributed by atoms with E-state index >= 15 is 0 Å². The zero-order valence-electron chi connectivity index (χ0n) is 19.3. The minimum Gasteiger partial charge on any atom is -0.456 e. The molecule has 2 heterocycles. The lowest BCUT2D eigenvalue weighted by Gasteiger charge is -2.13. The van der Waals surface area contributed by atoms with E-state index in [0.29, 0.717) is 22.3 Å². The molecule has 0 fully saturated rings. The third kappa shape index (κ3) is 2.55. The quantitative estimate of drug-likeness (QED) is 0.226. The molecule has 0 radical (unpaired) electrons. The fraction of sp³-hybridized carbons (Fsp3) is 0. The highest BCUT2D eigenvalue weighted by atomic mass is 16.3. The van der Waals surface area contributed by atoms with Crippen molar-refractivity contribution in [2.45, 2.75) is 0 Å². The van der Waals surface area contributed by atoms with E-state index in [-0.39, 0.29) is 5.69 Å². The van der Waals surface area contributed by atoms with Crippen molar-refractivity contribution < 1.29 is 4.42 Å². The summed E-state index contributed by atoms with van der Waals surface area (Å²) >= 11 is 0. The van der Waals surface area contributed by atoms with Crippen molar-refractivity contribution in [1.29, 1.82) is 5.26 Å². The van der Waals surface area contributed by atoms with Gasteiger partial charge in [-0.15, -0.1) is 0 Å². The Labute approximate surface area is 210 Å². The van der Waals surface area contributed by atoms with Gasteiger partial charge >= 0.3 is 0 Å². The van der Waals surface area contributed by atoms with E-state index in [1.807, 2.05) is 18.2 Å². The summed E-state index contributed by atoms with van der Waals surface area (Å²) in [6.45, 7) is 7.41. The Hall–Kier alpha value is -5.52. The number of hydrogen-bond acceptors (Lipinski definition) is 4. The van der Waals surface area contributed by atoms with Crippen LogP contribution in [-0.4, -0.2) is 9.97 Å². The summed E-state index contributed by atoms with van der Waals surface area (Å²) in [5.41, 5.74) is 9.56. The van der Waals surface area contributed by atoms with Gasteiger partial charge in [0.05, 0.1) is 41.1 Å². The average molecular weight is 470 g/mol. The van der Waals surface area contributed by atoms with Gasteiger partial charge in [-0.05, 0) is 51.7 Å². The van der Waals surface area contributed by atoms with Crippen LogP contribution in [0.2, 0.25) is 0 Å². The van der Waals surface area contributed by atoms with Crippen molar-refractivity contribution in [3.05, 3.63) is 102 Å². The highest BCUT2D eigenvalue weighted by molar-refractivity contribution is 6.25. The molecule has 0 saturated carbocycles. The summed E-state index contributed by atoms with van der Waals surface area (Å²) in [4.78, 5) is 13.2. The molecule has 2 aromatic heterocycles. The Morgan fingerprint density at radius 1 is 0.784 bits per heavy atom. The van der Waals surface area contributed by atoms with Crippen LogP contribution in [0, 0.1) is 17.9 Å². The van der Waals surface area contributed by atoms with E-state index in [1.165, 1.54) is 16.3 Å². The van der Waals surface area contributed by atoms with Gasteiger partial charge < -0.3 is 4.42 Å². The maximum absolute atomic E-state index is 9.59. The molecule has 0 bridgehead atoms. The second-order valence-corrected chi connectivity index (χ2v) is 9.19. The number of para-hydroxylation sites is 1. The van der Waals surface area contributed by atoms with Gasteiger partial charge in [0.2, 0.25) is 5.69 Å². The summed E-state index contributed by atoms with van der Waals surface area (Å²) in [6.07, 6.45) is 1.77. The van der Waals surface area contributed by atoms with E-state index in [2.05, 4.69) is 59.4 Å². The highest BCUT2D eigenvalue weighted by Gasteiger charge is 2.29. The predicted molar refractivity (Wildman–Crippen MR) is 145 cm³/mol. The molecule has 5 nitrogen and oxygen atoms in total. The molecular weight excluding hydrogens is 456 g/mol. The van der Waals surface area contributed by atoms with Crippen LogP contribution in [0.5, 0.6) is 0 Å². The number of benzene rings is 5. The lowest BCUT2D eigenvalue weighted by molar-refractivity contribution is 0.669. The number of aromatic nitrogens is 2. The molecule has 1 aliphatic carbocycles. The van der Waals surface area contributed by atoms with Gasteiger partial charge in [0.15, 0.2) is 0 Å². The van der Waals surface area contributed by atoms with Crippen LogP contribution >= 0.6 is 0 Å². The first kappa shape index (κ1) is 19.8. The molecule has 0 unspecified atom stereocenters. The summed E-state index contributed by atoms with van der Waals surface area (Å²) in [5, 5.41) is 14.0. The number of nitriles is 1. The van der Waals surface area contributed by atoms with Crippen molar-refractivity contribution in [3.8, 4) is 39.6 Å². The molecular formula is C32H14N4O. The molecule has 0 saturated heterocycles. The van der Waals surface area contributed by atoms with Crippen LogP contribution < -0.4 is 0 Å².